The molecule has 52 valence electrons. The van der Waals surface area contributed by atoms with E-state index in [0.717, 1.165) is 5.88 Å². The van der Waals surface area contributed by atoms with Crippen LogP contribution in [0.4, 0.5) is 0 Å². The Kier molecular flexibility index (Phi) is 1.97. The molecule has 1 aliphatic rings. The second kappa shape index (κ2) is 2.58. The number of carbonyl (C=O) groups excluding carboxylic acids is 1. The number of nitrogens with one attached hydrogen (secondary N) is 1. The van der Waals surface area contributed by atoms with Crippen LogP contribution in [0.2, 0.25) is 0 Å². The lowest BCUT2D eigenvalue weighted by molar-refractivity contribution is -0.119. The third-order valence-corrected chi connectivity index (χ3v) is 2.56. The van der Waals surface area contributed by atoms with E-state index in [-0.39, 0.29) is 11.9 Å². The molecule has 1 heterocycles. The number of nitrogens with two attached hydrogens (primary N) is 1. The molecular weight excluding hydrogens is 136 g/mol. The number of amides is 1. The molecule has 3 nitrogen and oxygen atoms in total. The van der Waals surface area contributed by atoms with Crippen LogP contribution in [-0.4, -0.2) is 23.1 Å². The Morgan fingerprint density at radius 1 is 1.89 bits per heavy atom. The van der Waals surface area contributed by atoms with Crippen molar-refractivity contribution in [2.24, 2.45) is 5.73 Å². The van der Waals surface area contributed by atoms with Crippen molar-refractivity contribution in [3.05, 3.63) is 0 Å². The molecule has 1 saturated heterocycles. The fourth-order valence-corrected chi connectivity index (χ4v) is 1.82. The number of rotatable bonds is 1. The van der Waals surface area contributed by atoms with Crippen molar-refractivity contribution in [3.8, 4) is 0 Å². The van der Waals surface area contributed by atoms with Gasteiger partial charge >= 0.3 is 0 Å². The van der Waals surface area contributed by atoms with Gasteiger partial charge in [-0.25, -0.2) is 0 Å². The predicted molar refractivity (Wildman–Crippen MR) is 38.0 cm³/mol. The van der Waals surface area contributed by atoms with Gasteiger partial charge in [0.05, 0.1) is 6.04 Å². The third kappa shape index (κ3) is 1.37. The number of primary amides is 1. The fraction of sp³-hybridized carbons (Fsp3) is 0.800. The molecular formula is C5H10N2OS. The van der Waals surface area contributed by atoms with Crippen LogP contribution in [0, 0.1) is 0 Å². The molecule has 0 aromatic heterocycles. The van der Waals surface area contributed by atoms with E-state index >= 15 is 0 Å². The second-order valence-corrected chi connectivity index (χ2v) is 3.47. The summed E-state index contributed by atoms with van der Waals surface area (Å²) in [5.74, 6) is 0.599. The first kappa shape index (κ1) is 6.89. The summed E-state index contributed by atoms with van der Waals surface area (Å²) in [6.07, 6.45) is 0. The van der Waals surface area contributed by atoms with Gasteiger partial charge in [0.2, 0.25) is 5.91 Å². The first-order valence-corrected chi connectivity index (χ1v) is 3.91. The van der Waals surface area contributed by atoms with Gasteiger partial charge in [0.25, 0.3) is 0 Å². The van der Waals surface area contributed by atoms with Crippen LogP contribution in [0.15, 0.2) is 0 Å². The van der Waals surface area contributed by atoms with Crippen molar-refractivity contribution in [2.45, 2.75) is 18.2 Å². The molecule has 1 fully saturated rings. The van der Waals surface area contributed by atoms with E-state index in [1.54, 1.807) is 11.8 Å². The monoisotopic (exact) mass is 146 g/mol. The molecule has 4 heteroatoms. The molecule has 0 aromatic carbocycles. The Bertz CT molecular complexity index is 128. The molecule has 1 aliphatic heterocycles. The smallest absolute Gasteiger partial charge is 0.235 e. The number of hydrogen-bond acceptors (Lipinski definition) is 3. The summed E-state index contributed by atoms with van der Waals surface area (Å²) in [4.78, 5) is 10.6. The number of hydrogen-bond donors (Lipinski definition) is 2. The number of carbonyl (C=O) groups is 1. The minimum Gasteiger partial charge on any atom is -0.368 e. The van der Waals surface area contributed by atoms with Gasteiger partial charge in [-0.05, 0) is 0 Å². The SMILES string of the molecule is C[C@H]1SCN[C@@H]1C(N)=O. The minimum atomic E-state index is -0.243. The van der Waals surface area contributed by atoms with Crippen molar-refractivity contribution >= 4 is 17.7 Å². The molecule has 0 aliphatic carbocycles. The van der Waals surface area contributed by atoms with Crippen molar-refractivity contribution in [2.75, 3.05) is 5.88 Å². The highest BCUT2D eigenvalue weighted by atomic mass is 32.2. The Labute approximate surface area is 58.4 Å². The van der Waals surface area contributed by atoms with E-state index in [9.17, 15) is 4.79 Å². The zero-order chi connectivity index (χ0) is 6.85. The van der Waals surface area contributed by atoms with Gasteiger partial charge in [-0.1, -0.05) is 6.92 Å². The summed E-state index contributed by atoms with van der Waals surface area (Å²) in [5.41, 5.74) is 5.07. The summed E-state index contributed by atoms with van der Waals surface area (Å²) >= 11 is 1.72. The maximum Gasteiger partial charge on any atom is 0.235 e. The predicted octanol–water partition coefficient (Wildman–Crippen LogP) is -0.477. The van der Waals surface area contributed by atoms with Crippen molar-refractivity contribution in [3.63, 3.8) is 0 Å². The minimum absolute atomic E-state index is 0.116. The molecule has 1 rings (SSSR count). The fourth-order valence-electron chi connectivity index (χ4n) is 0.863. The van der Waals surface area contributed by atoms with Gasteiger partial charge < -0.3 is 5.73 Å². The summed E-state index contributed by atoms with van der Waals surface area (Å²) in [7, 11) is 0. The molecule has 0 aromatic rings. The van der Waals surface area contributed by atoms with Gasteiger partial charge in [-0.3, -0.25) is 10.1 Å². The van der Waals surface area contributed by atoms with Crippen LogP contribution in [0.25, 0.3) is 0 Å². The molecule has 1 amide bonds. The highest BCUT2D eigenvalue weighted by Gasteiger charge is 2.27. The lowest BCUT2D eigenvalue weighted by Crippen LogP contribution is -2.41. The molecule has 0 saturated carbocycles. The Morgan fingerprint density at radius 3 is 2.78 bits per heavy atom. The largest absolute Gasteiger partial charge is 0.368 e. The molecule has 3 N–H and O–H groups in total. The van der Waals surface area contributed by atoms with E-state index in [1.807, 2.05) is 6.92 Å². The Hall–Kier alpha value is -0.220. The Balaban J connectivity index is 2.49. The Morgan fingerprint density at radius 2 is 2.56 bits per heavy atom. The van der Waals surface area contributed by atoms with Crippen LogP contribution < -0.4 is 11.1 Å². The molecule has 0 spiro atoms. The van der Waals surface area contributed by atoms with E-state index in [1.165, 1.54) is 0 Å². The molecule has 2 atom stereocenters. The van der Waals surface area contributed by atoms with Crippen LogP contribution in [0.3, 0.4) is 0 Å². The highest BCUT2D eigenvalue weighted by molar-refractivity contribution is 8.00. The van der Waals surface area contributed by atoms with Gasteiger partial charge in [-0.15, -0.1) is 11.8 Å². The first-order valence-electron chi connectivity index (χ1n) is 2.86. The van der Waals surface area contributed by atoms with Gasteiger partial charge in [0.1, 0.15) is 0 Å². The van der Waals surface area contributed by atoms with Crippen molar-refractivity contribution in [1.29, 1.82) is 0 Å². The zero-order valence-corrected chi connectivity index (χ0v) is 6.07. The molecule has 0 unspecified atom stereocenters. The highest BCUT2D eigenvalue weighted by Crippen LogP contribution is 2.19. The van der Waals surface area contributed by atoms with E-state index in [4.69, 9.17) is 5.73 Å². The van der Waals surface area contributed by atoms with Crippen LogP contribution in [0.5, 0.6) is 0 Å². The normalized spacial score (nSPS) is 34.8. The maximum absolute atomic E-state index is 10.6. The third-order valence-electron chi connectivity index (χ3n) is 1.43. The molecule has 9 heavy (non-hydrogen) atoms. The zero-order valence-electron chi connectivity index (χ0n) is 5.26. The van der Waals surface area contributed by atoms with Crippen LogP contribution in [-0.2, 0) is 4.79 Å². The quantitative estimate of drug-likeness (QED) is 0.525. The van der Waals surface area contributed by atoms with Crippen LogP contribution in [0.1, 0.15) is 6.92 Å². The van der Waals surface area contributed by atoms with Crippen molar-refractivity contribution < 1.29 is 4.79 Å². The van der Waals surface area contributed by atoms with Crippen LogP contribution >= 0.6 is 11.8 Å². The summed E-state index contributed by atoms with van der Waals surface area (Å²) < 4.78 is 0. The topological polar surface area (TPSA) is 55.1 Å². The second-order valence-electron chi connectivity index (χ2n) is 2.10. The van der Waals surface area contributed by atoms with E-state index in [0.29, 0.717) is 5.25 Å². The van der Waals surface area contributed by atoms with Gasteiger partial charge in [0, 0.05) is 11.1 Å². The lowest BCUT2D eigenvalue weighted by atomic mass is 10.2. The summed E-state index contributed by atoms with van der Waals surface area (Å²) in [6, 6.07) is -0.116. The van der Waals surface area contributed by atoms with Crippen molar-refractivity contribution in [1.82, 2.24) is 5.32 Å². The standard InChI is InChI=1S/C5H10N2OS/c1-3-4(5(6)8)7-2-9-3/h3-4,7H,2H2,1H3,(H2,6,8)/t3-,4+/m1/s1. The molecule has 0 radical (unpaired) electrons. The van der Waals surface area contributed by atoms with E-state index < -0.39 is 0 Å². The lowest BCUT2D eigenvalue weighted by Gasteiger charge is -2.08. The van der Waals surface area contributed by atoms with Gasteiger partial charge in [-0.2, -0.15) is 0 Å². The number of thioether (sulfide) groups is 1. The molecule has 0 bridgehead atoms. The van der Waals surface area contributed by atoms with Gasteiger partial charge in [0.15, 0.2) is 0 Å². The summed E-state index contributed by atoms with van der Waals surface area (Å²) in [5, 5.41) is 3.33. The average Bonchev–Trinajstić information content (AvgIpc) is 2.13. The first-order chi connectivity index (χ1) is 4.22. The maximum atomic E-state index is 10.6. The summed E-state index contributed by atoms with van der Waals surface area (Å²) in [6.45, 7) is 2.00. The van der Waals surface area contributed by atoms with E-state index in [2.05, 4.69) is 5.32 Å². The average molecular weight is 146 g/mol.